The SMILES string of the molecule is CCOC(=O)C1N(c2ccc([N+](=O)[O-])cc2)N=C(c2ccccc2)C2N(c3ccc([N+](=O)[O-])cc3)N=C(c3ccccc3)N12. The minimum atomic E-state index is -1.17. The first-order valence-electron chi connectivity index (χ1n) is 13.7. The lowest BCUT2D eigenvalue weighted by molar-refractivity contribution is -0.385. The molecule has 2 unspecified atom stereocenters. The number of anilines is 2. The van der Waals surface area contributed by atoms with Gasteiger partial charge in [0.15, 0.2) is 12.0 Å². The van der Waals surface area contributed by atoms with Gasteiger partial charge in [0, 0.05) is 35.4 Å². The zero-order valence-electron chi connectivity index (χ0n) is 23.3. The summed E-state index contributed by atoms with van der Waals surface area (Å²) in [6, 6.07) is 30.4. The summed E-state index contributed by atoms with van der Waals surface area (Å²) in [7, 11) is 0. The number of carbonyl (C=O) groups is 1. The molecule has 4 aromatic carbocycles. The number of carbonyl (C=O) groups excluding carboxylic acids is 1. The number of rotatable bonds is 8. The predicted molar refractivity (Wildman–Crippen MR) is 163 cm³/mol. The molecule has 0 bridgehead atoms. The quantitative estimate of drug-likeness (QED) is 0.155. The highest BCUT2D eigenvalue weighted by molar-refractivity contribution is 6.14. The Morgan fingerprint density at radius 3 is 1.73 bits per heavy atom. The van der Waals surface area contributed by atoms with Crippen molar-refractivity contribution >= 4 is 40.3 Å². The van der Waals surface area contributed by atoms with Gasteiger partial charge >= 0.3 is 5.97 Å². The third kappa shape index (κ3) is 5.06. The van der Waals surface area contributed by atoms with E-state index in [9.17, 15) is 25.0 Å². The van der Waals surface area contributed by atoms with Crippen molar-refractivity contribution in [1.82, 2.24) is 4.90 Å². The number of esters is 1. The number of non-ortho nitro benzene ring substituents is 2. The second-order valence-corrected chi connectivity index (χ2v) is 9.78. The molecule has 0 radical (unpaired) electrons. The highest BCUT2D eigenvalue weighted by Gasteiger charge is 2.52. The summed E-state index contributed by atoms with van der Waals surface area (Å²) in [5.74, 6) is -0.178. The minimum Gasteiger partial charge on any atom is -0.463 e. The van der Waals surface area contributed by atoms with E-state index in [1.54, 1.807) is 29.0 Å². The average molecular weight is 592 g/mol. The monoisotopic (exact) mass is 591 g/mol. The van der Waals surface area contributed by atoms with Crippen LogP contribution < -0.4 is 10.0 Å². The van der Waals surface area contributed by atoms with Crippen molar-refractivity contribution in [2.45, 2.75) is 19.3 Å². The maximum Gasteiger partial charge on any atom is 0.351 e. The smallest absolute Gasteiger partial charge is 0.351 e. The largest absolute Gasteiger partial charge is 0.463 e. The molecule has 2 heterocycles. The maximum atomic E-state index is 13.9. The lowest BCUT2D eigenvalue weighted by Crippen LogP contribution is -2.64. The molecule has 2 aliphatic rings. The van der Waals surface area contributed by atoms with Crippen LogP contribution in [0, 0.1) is 20.2 Å². The molecule has 0 aromatic heterocycles. The summed E-state index contributed by atoms with van der Waals surface area (Å²) in [5, 5.41) is 35.9. The first-order valence-corrected chi connectivity index (χ1v) is 13.7. The number of fused-ring (bicyclic) bond motifs is 1. The van der Waals surface area contributed by atoms with Gasteiger partial charge in [0.1, 0.15) is 5.71 Å². The molecule has 6 rings (SSSR count). The number of nitro benzene ring substituents is 2. The van der Waals surface area contributed by atoms with E-state index in [2.05, 4.69) is 0 Å². The van der Waals surface area contributed by atoms with Gasteiger partial charge in [0.25, 0.3) is 11.4 Å². The van der Waals surface area contributed by atoms with Crippen LogP contribution in [0.1, 0.15) is 18.1 Å². The molecule has 220 valence electrons. The molecule has 13 nitrogen and oxygen atoms in total. The van der Waals surface area contributed by atoms with Gasteiger partial charge in [-0.1, -0.05) is 60.7 Å². The van der Waals surface area contributed by atoms with E-state index in [0.717, 1.165) is 5.56 Å². The van der Waals surface area contributed by atoms with Crippen molar-refractivity contribution in [2.75, 3.05) is 16.6 Å². The summed E-state index contributed by atoms with van der Waals surface area (Å²) in [4.78, 5) is 37.4. The molecule has 0 spiro atoms. The molecular weight excluding hydrogens is 566 g/mol. The highest BCUT2D eigenvalue weighted by Crippen LogP contribution is 2.38. The van der Waals surface area contributed by atoms with Crippen LogP contribution in [0.25, 0.3) is 0 Å². The zero-order valence-corrected chi connectivity index (χ0v) is 23.3. The fraction of sp³-hybridized carbons (Fsp3) is 0.129. The molecule has 0 N–H and O–H groups in total. The van der Waals surface area contributed by atoms with E-state index in [-0.39, 0.29) is 18.0 Å². The predicted octanol–water partition coefficient (Wildman–Crippen LogP) is 5.13. The molecule has 0 aliphatic carbocycles. The van der Waals surface area contributed by atoms with Crippen LogP contribution in [0.4, 0.5) is 22.7 Å². The number of hydrogen-bond donors (Lipinski definition) is 0. The highest BCUT2D eigenvalue weighted by atomic mass is 16.6. The van der Waals surface area contributed by atoms with Crippen LogP contribution in [0.3, 0.4) is 0 Å². The van der Waals surface area contributed by atoms with Gasteiger partial charge in [-0.25, -0.2) is 14.8 Å². The van der Waals surface area contributed by atoms with E-state index >= 15 is 0 Å². The fourth-order valence-corrected chi connectivity index (χ4v) is 5.17. The van der Waals surface area contributed by atoms with Gasteiger partial charge < -0.3 is 4.74 Å². The summed E-state index contributed by atoms with van der Waals surface area (Å²) < 4.78 is 5.56. The maximum absolute atomic E-state index is 13.9. The third-order valence-electron chi connectivity index (χ3n) is 7.15. The second-order valence-electron chi connectivity index (χ2n) is 9.78. The number of hydrogen-bond acceptors (Lipinski definition) is 11. The molecule has 0 amide bonds. The fourth-order valence-electron chi connectivity index (χ4n) is 5.17. The number of nitrogens with zero attached hydrogens (tertiary/aromatic N) is 7. The lowest BCUT2D eigenvalue weighted by Gasteiger charge is -2.44. The third-order valence-corrected chi connectivity index (χ3v) is 7.15. The van der Waals surface area contributed by atoms with E-state index < -0.39 is 28.1 Å². The Kier molecular flexibility index (Phi) is 7.42. The van der Waals surface area contributed by atoms with Crippen molar-refractivity contribution in [3.05, 3.63) is 141 Å². The lowest BCUT2D eigenvalue weighted by atomic mass is 10.0. The first-order chi connectivity index (χ1) is 21.4. The molecular formula is C31H25N7O6. The van der Waals surface area contributed by atoms with Crippen molar-refractivity contribution in [2.24, 2.45) is 10.2 Å². The van der Waals surface area contributed by atoms with E-state index in [0.29, 0.717) is 28.5 Å². The Balaban J connectivity index is 1.60. The molecule has 13 heteroatoms. The normalized spacial score (nSPS) is 17.4. The van der Waals surface area contributed by atoms with Crippen LogP contribution in [0.5, 0.6) is 0 Å². The number of hydrazone groups is 2. The number of ether oxygens (including phenoxy) is 1. The number of benzene rings is 4. The Morgan fingerprint density at radius 2 is 1.23 bits per heavy atom. The van der Waals surface area contributed by atoms with E-state index in [1.165, 1.54) is 41.4 Å². The molecule has 2 aliphatic heterocycles. The van der Waals surface area contributed by atoms with Gasteiger partial charge in [-0.3, -0.25) is 25.1 Å². The van der Waals surface area contributed by atoms with Crippen molar-refractivity contribution in [3.63, 3.8) is 0 Å². The molecule has 4 aromatic rings. The summed E-state index contributed by atoms with van der Waals surface area (Å²) in [6.45, 7) is 1.80. The van der Waals surface area contributed by atoms with Crippen LogP contribution in [-0.4, -0.2) is 51.2 Å². The summed E-state index contributed by atoms with van der Waals surface area (Å²) in [6.07, 6.45) is -1.95. The van der Waals surface area contributed by atoms with Gasteiger partial charge in [0.2, 0.25) is 6.17 Å². The van der Waals surface area contributed by atoms with Gasteiger partial charge in [-0.15, -0.1) is 0 Å². The average Bonchev–Trinajstić information content (AvgIpc) is 3.45. The number of nitro groups is 2. The molecule has 44 heavy (non-hydrogen) atoms. The van der Waals surface area contributed by atoms with Gasteiger partial charge in [0.05, 0.1) is 27.8 Å². The van der Waals surface area contributed by atoms with Crippen LogP contribution in [0.15, 0.2) is 119 Å². The molecule has 0 saturated carbocycles. The van der Waals surface area contributed by atoms with Gasteiger partial charge in [-0.05, 0) is 31.2 Å². The molecule has 0 fully saturated rings. The second kappa shape index (κ2) is 11.6. The van der Waals surface area contributed by atoms with Crippen LogP contribution in [0.2, 0.25) is 0 Å². The van der Waals surface area contributed by atoms with Crippen molar-refractivity contribution < 1.29 is 19.4 Å². The number of amidine groups is 1. The minimum absolute atomic E-state index is 0.0774. The van der Waals surface area contributed by atoms with E-state index in [1.807, 2.05) is 60.7 Å². The van der Waals surface area contributed by atoms with Crippen LogP contribution >= 0.6 is 0 Å². The van der Waals surface area contributed by atoms with Gasteiger partial charge in [-0.2, -0.15) is 10.2 Å². The Labute approximate surface area is 251 Å². The Morgan fingerprint density at radius 1 is 0.727 bits per heavy atom. The Bertz CT molecular complexity index is 1760. The summed E-state index contributed by atoms with van der Waals surface area (Å²) >= 11 is 0. The first kappa shape index (κ1) is 28.0. The van der Waals surface area contributed by atoms with Crippen molar-refractivity contribution in [3.8, 4) is 0 Å². The summed E-state index contributed by atoms with van der Waals surface area (Å²) in [5.41, 5.74) is 2.71. The van der Waals surface area contributed by atoms with E-state index in [4.69, 9.17) is 14.9 Å². The molecule has 2 atom stereocenters. The van der Waals surface area contributed by atoms with Crippen molar-refractivity contribution in [1.29, 1.82) is 0 Å². The van der Waals surface area contributed by atoms with Crippen LogP contribution in [-0.2, 0) is 9.53 Å². The molecule has 0 saturated heterocycles. The Hall–Kier alpha value is -6.11. The topological polar surface area (TPSA) is 147 Å². The zero-order chi connectivity index (χ0) is 30.8. The standard InChI is InChI=1S/C31H25N7O6/c1-2-44-31(39)30-34-28(22-11-7-4-8-12-22)33-35(23-13-17-25(18-14-23)37(40)41)29(34)27(21-9-5-3-6-10-21)32-36(30)24-15-19-26(20-16-24)38(42)43/h3-20,29-30H,2H2,1H3.